The van der Waals surface area contributed by atoms with E-state index in [0.717, 1.165) is 86.8 Å². The van der Waals surface area contributed by atoms with Crippen LogP contribution in [0.15, 0.2) is 12.1 Å². The number of amides is 1. The Hall–Kier alpha value is -2.28. The molecule has 150 valence electrons. The van der Waals surface area contributed by atoms with E-state index in [4.69, 9.17) is 20.2 Å². The van der Waals surface area contributed by atoms with Crippen molar-refractivity contribution in [3.63, 3.8) is 0 Å². The molecule has 3 aliphatic rings. The van der Waals surface area contributed by atoms with Crippen molar-refractivity contribution in [1.82, 2.24) is 9.55 Å². The van der Waals surface area contributed by atoms with Gasteiger partial charge in [-0.1, -0.05) is 0 Å². The van der Waals surface area contributed by atoms with Gasteiger partial charge in [-0.25, -0.2) is 4.98 Å². The van der Waals surface area contributed by atoms with Crippen molar-refractivity contribution >= 4 is 22.9 Å². The topological polar surface area (TPSA) is 82.6 Å². The Kier molecular flexibility index (Phi) is 4.62. The number of hydrogen-bond donors (Lipinski definition) is 1. The Balaban J connectivity index is 1.54. The molecule has 7 nitrogen and oxygen atoms in total. The Morgan fingerprint density at radius 1 is 1.18 bits per heavy atom. The molecular formula is C21H28N4O3. The first kappa shape index (κ1) is 17.8. The third kappa shape index (κ3) is 3.32. The number of anilines is 1. The Labute approximate surface area is 164 Å². The Morgan fingerprint density at radius 2 is 2.04 bits per heavy atom. The van der Waals surface area contributed by atoms with Gasteiger partial charge in [0.2, 0.25) is 11.9 Å². The summed E-state index contributed by atoms with van der Waals surface area (Å²) in [7, 11) is 0. The highest BCUT2D eigenvalue weighted by Crippen LogP contribution is 2.40. The number of hydrogen-bond acceptors (Lipinski definition) is 5. The number of carbonyl (C=O) groups excluding carboxylic acids is 1. The fourth-order valence-electron chi connectivity index (χ4n) is 4.56. The van der Waals surface area contributed by atoms with Gasteiger partial charge in [0.1, 0.15) is 11.3 Å². The quantitative estimate of drug-likeness (QED) is 0.854. The SMILES string of the molecule is NC(=O)[C@@H](Cc1cc2c3c(c1)nc(N1CCCOCC1)n3CCCO2)C1CC1. The molecule has 1 amide bonds. The number of rotatable bonds is 5. The van der Waals surface area contributed by atoms with E-state index in [1.165, 1.54) is 0 Å². The molecule has 0 radical (unpaired) electrons. The zero-order valence-corrected chi connectivity index (χ0v) is 16.2. The van der Waals surface area contributed by atoms with Gasteiger partial charge in [-0.05, 0) is 55.7 Å². The molecule has 0 bridgehead atoms. The van der Waals surface area contributed by atoms with Crippen LogP contribution in [0.3, 0.4) is 0 Å². The van der Waals surface area contributed by atoms with Crippen LogP contribution in [0.1, 0.15) is 31.2 Å². The minimum Gasteiger partial charge on any atom is -0.491 e. The van der Waals surface area contributed by atoms with Crippen molar-refractivity contribution in [2.45, 2.75) is 38.6 Å². The van der Waals surface area contributed by atoms with E-state index in [9.17, 15) is 4.79 Å². The molecule has 28 heavy (non-hydrogen) atoms. The van der Waals surface area contributed by atoms with E-state index >= 15 is 0 Å². The molecule has 0 spiro atoms. The summed E-state index contributed by atoms with van der Waals surface area (Å²) in [6, 6.07) is 4.22. The fraction of sp³-hybridized carbons (Fsp3) is 0.619. The van der Waals surface area contributed by atoms with Crippen LogP contribution in [0.2, 0.25) is 0 Å². The minimum atomic E-state index is -0.190. The summed E-state index contributed by atoms with van der Waals surface area (Å²) in [4.78, 5) is 19.3. The molecule has 1 aromatic carbocycles. The number of ether oxygens (including phenoxy) is 2. The van der Waals surface area contributed by atoms with Gasteiger partial charge in [0.05, 0.1) is 18.7 Å². The average Bonchev–Trinajstić information content (AvgIpc) is 3.49. The lowest BCUT2D eigenvalue weighted by molar-refractivity contribution is -0.122. The van der Waals surface area contributed by atoms with Gasteiger partial charge in [-0.15, -0.1) is 0 Å². The van der Waals surface area contributed by atoms with Gasteiger partial charge >= 0.3 is 0 Å². The van der Waals surface area contributed by atoms with Crippen LogP contribution in [-0.4, -0.2) is 48.4 Å². The maximum absolute atomic E-state index is 11.9. The zero-order valence-electron chi connectivity index (χ0n) is 16.2. The van der Waals surface area contributed by atoms with Crippen molar-refractivity contribution in [1.29, 1.82) is 0 Å². The predicted molar refractivity (Wildman–Crippen MR) is 107 cm³/mol. The normalized spacial score (nSPS) is 21.1. The third-order valence-corrected chi connectivity index (χ3v) is 6.15. The number of aryl methyl sites for hydroxylation is 1. The molecule has 2 fully saturated rings. The maximum Gasteiger partial charge on any atom is 0.221 e. The van der Waals surface area contributed by atoms with E-state index in [2.05, 4.69) is 21.6 Å². The van der Waals surface area contributed by atoms with Crippen LogP contribution in [0.25, 0.3) is 11.0 Å². The molecule has 2 N–H and O–H groups in total. The van der Waals surface area contributed by atoms with Crippen LogP contribution in [0.5, 0.6) is 5.75 Å². The summed E-state index contributed by atoms with van der Waals surface area (Å²) in [5.74, 6) is 2.07. The maximum atomic E-state index is 11.9. The number of nitrogens with zero attached hydrogens (tertiary/aromatic N) is 3. The predicted octanol–water partition coefficient (Wildman–Crippen LogP) is 2.10. The minimum absolute atomic E-state index is 0.0836. The van der Waals surface area contributed by atoms with Crippen LogP contribution >= 0.6 is 0 Å². The average molecular weight is 384 g/mol. The van der Waals surface area contributed by atoms with Crippen molar-refractivity contribution < 1.29 is 14.3 Å². The molecule has 1 aromatic heterocycles. The number of imidazole rings is 1. The molecule has 1 aliphatic carbocycles. The highest BCUT2D eigenvalue weighted by molar-refractivity contribution is 5.86. The lowest BCUT2D eigenvalue weighted by Gasteiger charge is -2.21. The first-order valence-electron chi connectivity index (χ1n) is 10.5. The fourth-order valence-corrected chi connectivity index (χ4v) is 4.56. The number of primary amides is 1. The Morgan fingerprint density at radius 3 is 2.86 bits per heavy atom. The number of nitrogens with two attached hydrogens (primary N) is 1. The molecule has 3 heterocycles. The van der Waals surface area contributed by atoms with Crippen LogP contribution in [0.4, 0.5) is 5.95 Å². The van der Waals surface area contributed by atoms with E-state index in [1.807, 2.05) is 0 Å². The number of carbonyl (C=O) groups is 1. The number of aromatic nitrogens is 2. The molecule has 1 saturated carbocycles. The van der Waals surface area contributed by atoms with Crippen molar-refractivity contribution in [2.24, 2.45) is 17.6 Å². The van der Waals surface area contributed by atoms with Crippen molar-refractivity contribution in [3.8, 4) is 5.75 Å². The van der Waals surface area contributed by atoms with Gasteiger partial charge in [0.25, 0.3) is 0 Å². The largest absolute Gasteiger partial charge is 0.491 e. The van der Waals surface area contributed by atoms with Gasteiger partial charge in [-0.2, -0.15) is 0 Å². The van der Waals surface area contributed by atoms with E-state index in [0.29, 0.717) is 18.9 Å². The van der Waals surface area contributed by atoms with Crippen molar-refractivity contribution in [3.05, 3.63) is 17.7 Å². The summed E-state index contributed by atoms with van der Waals surface area (Å²) in [5.41, 5.74) is 8.80. The zero-order chi connectivity index (χ0) is 19.1. The van der Waals surface area contributed by atoms with Gasteiger partial charge < -0.3 is 24.7 Å². The van der Waals surface area contributed by atoms with Gasteiger partial charge in [0, 0.05) is 32.2 Å². The van der Waals surface area contributed by atoms with Gasteiger partial charge in [0.15, 0.2) is 0 Å². The lowest BCUT2D eigenvalue weighted by atomic mass is 9.94. The molecule has 5 rings (SSSR count). The first-order chi connectivity index (χ1) is 13.7. The monoisotopic (exact) mass is 384 g/mol. The summed E-state index contributed by atoms with van der Waals surface area (Å²) >= 11 is 0. The molecular weight excluding hydrogens is 356 g/mol. The highest BCUT2D eigenvalue weighted by Gasteiger charge is 2.35. The molecule has 2 aromatic rings. The van der Waals surface area contributed by atoms with E-state index < -0.39 is 0 Å². The number of benzene rings is 1. The molecule has 1 atom stereocenters. The summed E-state index contributed by atoms with van der Waals surface area (Å²) in [5, 5.41) is 0. The van der Waals surface area contributed by atoms with Crippen LogP contribution < -0.4 is 15.4 Å². The highest BCUT2D eigenvalue weighted by atomic mass is 16.5. The van der Waals surface area contributed by atoms with Gasteiger partial charge in [-0.3, -0.25) is 4.79 Å². The van der Waals surface area contributed by atoms with Crippen molar-refractivity contribution in [2.75, 3.05) is 37.8 Å². The third-order valence-electron chi connectivity index (χ3n) is 6.15. The summed E-state index contributed by atoms with van der Waals surface area (Å²) < 4.78 is 14.0. The lowest BCUT2D eigenvalue weighted by Crippen LogP contribution is -2.29. The summed E-state index contributed by atoms with van der Waals surface area (Å²) in [6.07, 6.45) is 4.86. The summed E-state index contributed by atoms with van der Waals surface area (Å²) in [6.45, 7) is 4.96. The second-order valence-corrected chi connectivity index (χ2v) is 8.23. The van der Waals surface area contributed by atoms with Crippen LogP contribution in [0, 0.1) is 11.8 Å². The van der Waals surface area contributed by atoms with E-state index in [1.54, 1.807) is 0 Å². The molecule has 2 aliphatic heterocycles. The smallest absolute Gasteiger partial charge is 0.221 e. The second kappa shape index (κ2) is 7.28. The van der Waals surface area contributed by atoms with Crippen LogP contribution in [-0.2, 0) is 22.5 Å². The molecule has 7 heteroatoms. The second-order valence-electron chi connectivity index (χ2n) is 8.23. The molecule has 1 saturated heterocycles. The standard InChI is InChI=1S/C21H28N4O3/c22-20(26)16(15-3-4-15)11-14-12-17-19-18(13-14)28-9-2-6-25(19)21(23-17)24-5-1-8-27-10-7-24/h12-13,15-16H,1-11H2,(H2,22,26)/t16-/m0/s1. The van der Waals surface area contributed by atoms with E-state index in [-0.39, 0.29) is 11.8 Å². The molecule has 0 unspecified atom stereocenters. The first-order valence-corrected chi connectivity index (χ1v) is 10.5. The Bertz CT molecular complexity index is 881.